The molecule has 2 aromatic carbocycles. The van der Waals surface area contributed by atoms with Gasteiger partial charge in [0.05, 0.1) is 17.6 Å². The van der Waals surface area contributed by atoms with E-state index < -0.39 is 11.2 Å². The number of nitrogens with zero attached hydrogens (tertiary/aromatic N) is 3. The van der Waals surface area contributed by atoms with E-state index in [0.717, 1.165) is 4.57 Å². The van der Waals surface area contributed by atoms with Gasteiger partial charge < -0.3 is 5.73 Å². The van der Waals surface area contributed by atoms with Crippen molar-refractivity contribution < 1.29 is 0 Å². The molecule has 0 saturated carbocycles. The highest BCUT2D eigenvalue weighted by Gasteiger charge is 2.16. The van der Waals surface area contributed by atoms with Gasteiger partial charge in [-0.2, -0.15) is 0 Å². The predicted octanol–water partition coefficient (Wildman–Crippen LogP) is 2.83. The van der Waals surface area contributed by atoms with Crippen molar-refractivity contribution in [1.29, 1.82) is 0 Å². The summed E-state index contributed by atoms with van der Waals surface area (Å²) in [5, 5.41) is 0.797. The smallest absolute Gasteiger partial charge is 0.337 e. The molecule has 0 saturated heterocycles. The number of hydrogen-bond donors (Lipinski definition) is 1. The number of fused-ring (bicyclic) bond motifs is 1. The molecule has 2 aromatic heterocycles. The molecule has 6 nitrogen and oxygen atoms in total. The van der Waals surface area contributed by atoms with Crippen molar-refractivity contribution in [2.75, 3.05) is 5.73 Å². The van der Waals surface area contributed by atoms with E-state index in [4.69, 9.17) is 17.3 Å². The maximum Gasteiger partial charge on any atom is 0.337 e. The number of nitrogens with two attached hydrogens (primary N) is 1. The molecule has 0 unspecified atom stereocenters. The monoisotopic (exact) mass is 378 g/mol. The first-order valence-electron chi connectivity index (χ1n) is 8.27. The van der Waals surface area contributed by atoms with Crippen LogP contribution in [0.5, 0.6) is 0 Å². The summed E-state index contributed by atoms with van der Waals surface area (Å²) in [5.74, 6) is 0.231. The van der Waals surface area contributed by atoms with Gasteiger partial charge in [-0.25, -0.2) is 14.3 Å². The van der Waals surface area contributed by atoms with E-state index in [1.54, 1.807) is 42.5 Å². The van der Waals surface area contributed by atoms with Crippen molar-refractivity contribution in [3.63, 3.8) is 0 Å². The van der Waals surface area contributed by atoms with Crippen molar-refractivity contribution in [3.8, 4) is 5.69 Å². The first kappa shape index (κ1) is 17.1. The van der Waals surface area contributed by atoms with Gasteiger partial charge in [0, 0.05) is 5.02 Å². The van der Waals surface area contributed by atoms with Crippen molar-refractivity contribution in [1.82, 2.24) is 14.1 Å². The fourth-order valence-electron chi connectivity index (χ4n) is 2.99. The van der Waals surface area contributed by atoms with E-state index >= 15 is 0 Å². The third-order valence-electron chi connectivity index (χ3n) is 4.31. The minimum absolute atomic E-state index is 0.0600. The zero-order valence-corrected chi connectivity index (χ0v) is 14.9. The number of benzene rings is 2. The van der Waals surface area contributed by atoms with E-state index in [0.29, 0.717) is 21.7 Å². The Bertz CT molecular complexity index is 1260. The maximum atomic E-state index is 13.2. The highest BCUT2D eigenvalue weighted by molar-refractivity contribution is 6.31. The van der Waals surface area contributed by atoms with Crippen LogP contribution in [0.15, 0.2) is 76.3 Å². The van der Waals surface area contributed by atoms with Crippen LogP contribution in [-0.2, 0) is 6.54 Å². The Kier molecular flexibility index (Phi) is 4.25. The van der Waals surface area contributed by atoms with E-state index in [-0.39, 0.29) is 18.0 Å². The van der Waals surface area contributed by atoms with Gasteiger partial charge in [0.25, 0.3) is 5.56 Å². The Morgan fingerprint density at radius 3 is 2.37 bits per heavy atom. The molecule has 134 valence electrons. The molecular weight excluding hydrogens is 364 g/mol. The number of aromatic nitrogens is 3. The Balaban J connectivity index is 2.07. The molecule has 4 aromatic rings. The van der Waals surface area contributed by atoms with E-state index in [1.165, 1.54) is 4.57 Å². The van der Waals surface area contributed by atoms with Crippen LogP contribution < -0.4 is 17.0 Å². The summed E-state index contributed by atoms with van der Waals surface area (Å²) < 4.78 is 2.55. The molecule has 2 heterocycles. The number of nitrogen functional groups attached to an aromatic ring is 1. The molecule has 0 atom stereocenters. The van der Waals surface area contributed by atoms with Gasteiger partial charge in [0.1, 0.15) is 5.82 Å². The average molecular weight is 379 g/mol. The van der Waals surface area contributed by atoms with Crippen LogP contribution in [0.3, 0.4) is 0 Å². The lowest BCUT2D eigenvalue weighted by atomic mass is 10.2. The molecule has 0 aliphatic heterocycles. The van der Waals surface area contributed by atoms with E-state index in [9.17, 15) is 9.59 Å². The number of hydrogen-bond acceptors (Lipinski definition) is 4. The molecule has 7 heteroatoms. The van der Waals surface area contributed by atoms with E-state index in [1.807, 2.05) is 24.3 Å². The number of rotatable bonds is 3. The summed E-state index contributed by atoms with van der Waals surface area (Å²) in [6.07, 6.45) is 0. The summed E-state index contributed by atoms with van der Waals surface area (Å²) in [4.78, 5) is 30.5. The quantitative estimate of drug-likeness (QED) is 0.594. The van der Waals surface area contributed by atoms with Crippen LogP contribution in [0.2, 0.25) is 5.02 Å². The average Bonchev–Trinajstić information content (AvgIpc) is 2.67. The van der Waals surface area contributed by atoms with Crippen LogP contribution in [0.1, 0.15) is 5.56 Å². The highest BCUT2D eigenvalue weighted by Crippen LogP contribution is 2.17. The Morgan fingerprint density at radius 2 is 1.63 bits per heavy atom. The van der Waals surface area contributed by atoms with Crippen molar-refractivity contribution in [3.05, 3.63) is 98.2 Å². The number of para-hydroxylation sites is 1. The molecule has 0 bridgehead atoms. The van der Waals surface area contributed by atoms with Crippen LogP contribution in [0.4, 0.5) is 5.82 Å². The van der Waals surface area contributed by atoms with Crippen molar-refractivity contribution in [2.24, 2.45) is 0 Å². The Hall–Kier alpha value is -3.38. The molecule has 2 N–H and O–H groups in total. The third kappa shape index (κ3) is 3.00. The highest BCUT2D eigenvalue weighted by atomic mass is 35.5. The Labute approximate surface area is 159 Å². The normalized spacial score (nSPS) is 11.0. The number of pyridine rings is 1. The summed E-state index contributed by atoms with van der Waals surface area (Å²) >= 11 is 6.22. The van der Waals surface area contributed by atoms with Crippen LogP contribution in [-0.4, -0.2) is 14.1 Å². The number of halogens is 1. The largest absolute Gasteiger partial charge is 0.384 e. The molecule has 27 heavy (non-hydrogen) atoms. The summed E-state index contributed by atoms with van der Waals surface area (Å²) in [7, 11) is 0. The predicted molar refractivity (Wildman–Crippen MR) is 107 cm³/mol. The molecule has 4 rings (SSSR count). The number of anilines is 1. The summed E-state index contributed by atoms with van der Waals surface area (Å²) in [5.41, 5.74) is 6.37. The lowest BCUT2D eigenvalue weighted by molar-refractivity contribution is 0.683. The van der Waals surface area contributed by atoms with Gasteiger partial charge in [-0.1, -0.05) is 48.0 Å². The fourth-order valence-corrected chi connectivity index (χ4v) is 3.19. The molecule has 0 spiro atoms. The first-order valence-corrected chi connectivity index (χ1v) is 8.65. The molecule has 0 fully saturated rings. The lowest BCUT2D eigenvalue weighted by Gasteiger charge is -2.14. The summed E-state index contributed by atoms with van der Waals surface area (Å²) in [6.45, 7) is 0.0600. The standard InChI is InChI=1S/C20H15ClN4O2/c21-16-9-5-4-6-13(16)12-24-19(26)15-10-11-17(22)23-18(15)25(20(24)27)14-7-2-1-3-8-14/h1-11H,12H2,(H2,22,23). The fraction of sp³-hybridized carbons (Fsp3) is 0.0500. The second kappa shape index (κ2) is 6.74. The molecule has 0 radical (unpaired) electrons. The minimum atomic E-state index is -0.503. The second-order valence-corrected chi connectivity index (χ2v) is 6.45. The summed E-state index contributed by atoms with van der Waals surface area (Å²) in [6, 6.07) is 19.3. The topological polar surface area (TPSA) is 82.9 Å². The lowest BCUT2D eigenvalue weighted by Crippen LogP contribution is -2.40. The van der Waals surface area contributed by atoms with Crippen molar-refractivity contribution >= 4 is 28.5 Å². The second-order valence-electron chi connectivity index (χ2n) is 6.04. The molecule has 0 aliphatic rings. The SMILES string of the molecule is Nc1ccc2c(=O)n(Cc3ccccc3Cl)c(=O)n(-c3ccccc3)c2n1. The van der Waals surface area contributed by atoms with Crippen molar-refractivity contribution in [2.45, 2.75) is 6.54 Å². The molecule has 0 aliphatic carbocycles. The first-order chi connectivity index (χ1) is 13.1. The molecular formula is C20H15ClN4O2. The Morgan fingerprint density at radius 1 is 0.926 bits per heavy atom. The zero-order chi connectivity index (χ0) is 19.0. The maximum absolute atomic E-state index is 13.2. The molecule has 0 amide bonds. The van der Waals surface area contributed by atoms with Gasteiger partial charge in [-0.05, 0) is 35.9 Å². The zero-order valence-electron chi connectivity index (χ0n) is 14.2. The van der Waals surface area contributed by atoms with Crippen LogP contribution >= 0.6 is 11.6 Å². The van der Waals surface area contributed by atoms with Gasteiger partial charge in [0.15, 0.2) is 5.65 Å². The third-order valence-corrected chi connectivity index (χ3v) is 4.68. The van der Waals surface area contributed by atoms with Crippen LogP contribution in [0.25, 0.3) is 16.7 Å². The van der Waals surface area contributed by atoms with Gasteiger partial charge in [0.2, 0.25) is 0 Å². The minimum Gasteiger partial charge on any atom is -0.384 e. The van der Waals surface area contributed by atoms with Gasteiger partial charge in [-0.15, -0.1) is 0 Å². The van der Waals surface area contributed by atoms with Gasteiger partial charge >= 0.3 is 5.69 Å². The van der Waals surface area contributed by atoms with E-state index in [2.05, 4.69) is 4.98 Å². The van der Waals surface area contributed by atoms with Gasteiger partial charge in [-0.3, -0.25) is 9.36 Å². The van der Waals surface area contributed by atoms with Crippen LogP contribution in [0, 0.1) is 0 Å².